The van der Waals surface area contributed by atoms with Crippen LogP contribution in [0.1, 0.15) is 10.4 Å². The summed E-state index contributed by atoms with van der Waals surface area (Å²) in [4.78, 5) is 14.8. The number of carboxylic acid groups (broad SMARTS) is 1. The zero-order valence-electron chi connectivity index (χ0n) is 6.44. The van der Waals surface area contributed by atoms with Gasteiger partial charge in [-0.1, -0.05) is 0 Å². The molecule has 0 fully saturated rings. The molecule has 13 heavy (non-hydrogen) atoms. The lowest BCUT2D eigenvalue weighted by molar-refractivity contribution is 0.0698. The molecule has 0 saturated carbocycles. The van der Waals surface area contributed by atoms with Gasteiger partial charge in [-0.2, -0.15) is 0 Å². The number of imidazole rings is 1. The van der Waals surface area contributed by atoms with Gasteiger partial charge in [0.1, 0.15) is 9.26 Å². The minimum Gasteiger partial charge on any atom is -0.478 e. The number of hydrogen-bond donors (Lipinski definition) is 1. The predicted molar refractivity (Wildman–Crippen MR) is 54.9 cm³/mol. The third-order valence-electron chi connectivity index (χ3n) is 1.72. The van der Waals surface area contributed by atoms with Gasteiger partial charge in [0.05, 0.1) is 6.20 Å². The highest BCUT2D eigenvalue weighted by Crippen LogP contribution is 2.13. The van der Waals surface area contributed by atoms with Gasteiger partial charge in [-0.25, -0.2) is 9.78 Å². The molecule has 0 aromatic carbocycles. The van der Waals surface area contributed by atoms with Gasteiger partial charge >= 0.3 is 5.97 Å². The monoisotopic (exact) mass is 288 g/mol. The number of halogens is 1. The third-order valence-corrected chi connectivity index (χ3v) is 2.52. The third kappa shape index (κ3) is 1.28. The number of pyridine rings is 1. The fraction of sp³-hybridized carbons (Fsp3) is 0. The molecule has 1 N–H and O–H groups in total. The number of aromatic nitrogens is 2. The van der Waals surface area contributed by atoms with Crippen molar-refractivity contribution in [1.82, 2.24) is 9.38 Å². The second kappa shape index (κ2) is 2.99. The maximum Gasteiger partial charge on any atom is 0.339 e. The summed E-state index contributed by atoms with van der Waals surface area (Å²) >= 11 is 2.10. The number of hydrogen-bond acceptors (Lipinski definition) is 2. The van der Waals surface area contributed by atoms with Gasteiger partial charge in [0, 0.05) is 6.20 Å². The van der Waals surface area contributed by atoms with Gasteiger partial charge in [-0.05, 0) is 34.7 Å². The molecule has 2 rings (SSSR count). The quantitative estimate of drug-likeness (QED) is 0.812. The fourth-order valence-electron chi connectivity index (χ4n) is 1.15. The first-order chi connectivity index (χ1) is 6.20. The van der Waals surface area contributed by atoms with Crippen molar-refractivity contribution in [2.75, 3.05) is 0 Å². The van der Waals surface area contributed by atoms with E-state index in [-0.39, 0.29) is 5.56 Å². The summed E-state index contributed by atoms with van der Waals surface area (Å²) in [6.45, 7) is 0. The van der Waals surface area contributed by atoms with E-state index in [1.807, 2.05) is 0 Å². The zero-order valence-corrected chi connectivity index (χ0v) is 8.59. The number of aromatic carboxylic acids is 1. The standard InChI is InChI=1S/C8H5IN2O2/c9-6-4-10-7-5(8(12)13)2-1-3-11(6)7/h1-4H,(H,12,13). The molecule has 2 aromatic rings. The van der Waals surface area contributed by atoms with Crippen LogP contribution in [-0.2, 0) is 0 Å². The van der Waals surface area contributed by atoms with Crippen LogP contribution in [0.2, 0.25) is 0 Å². The molecule has 0 saturated heterocycles. The van der Waals surface area contributed by atoms with Crippen molar-refractivity contribution in [3.05, 3.63) is 33.8 Å². The van der Waals surface area contributed by atoms with Crippen LogP contribution < -0.4 is 0 Å². The molecule has 0 aliphatic heterocycles. The molecule has 2 aromatic heterocycles. The lowest BCUT2D eigenvalue weighted by Crippen LogP contribution is -2.00. The van der Waals surface area contributed by atoms with E-state index in [2.05, 4.69) is 27.6 Å². The smallest absolute Gasteiger partial charge is 0.339 e. The van der Waals surface area contributed by atoms with E-state index in [4.69, 9.17) is 5.11 Å². The first kappa shape index (κ1) is 8.49. The maximum atomic E-state index is 10.8. The van der Waals surface area contributed by atoms with Gasteiger partial charge in [0.2, 0.25) is 0 Å². The zero-order chi connectivity index (χ0) is 9.42. The van der Waals surface area contributed by atoms with Crippen LogP contribution in [0.25, 0.3) is 5.65 Å². The van der Waals surface area contributed by atoms with Crippen molar-refractivity contribution < 1.29 is 9.90 Å². The highest BCUT2D eigenvalue weighted by molar-refractivity contribution is 14.1. The van der Waals surface area contributed by atoms with Gasteiger partial charge in [-0.3, -0.25) is 4.40 Å². The molecule has 0 radical (unpaired) electrons. The number of fused-ring (bicyclic) bond motifs is 1. The normalized spacial score (nSPS) is 10.5. The van der Waals surface area contributed by atoms with Crippen molar-refractivity contribution in [2.45, 2.75) is 0 Å². The summed E-state index contributed by atoms with van der Waals surface area (Å²) in [5.74, 6) is -0.951. The van der Waals surface area contributed by atoms with Crippen molar-refractivity contribution in [3.8, 4) is 0 Å². The minimum absolute atomic E-state index is 0.227. The Morgan fingerprint density at radius 2 is 2.38 bits per heavy atom. The SMILES string of the molecule is O=C(O)c1cccn2c(I)cnc12. The van der Waals surface area contributed by atoms with Gasteiger partial charge in [-0.15, -0.1) is 0 Å². The highest BCUT2D eigenvalue weighted by atomic mass is 127. The summed E-state index contributed by atoms with van der Waals surface area (Å²) in [6, 6.07) is 3.24. The molecule has 2 heterocycles. The Morgan fingerprint density at radius 3 is 3.08 bits per heavy atom. The average Bonchev–Trinajstić information content (AvgIpc) is 2.48. The van der Waals surface area contributed by atoms with E-state index in [0.717, 1.165) is 3.70 Å². The number of carbonyl (C=O) groups is 1. The van der Waals surface area contributed by atoms with Gasteiger partial charge in [0.15, 0.2) is 5.65 Å². The molecular weight excluding hydrogens is 283 g/mol. The van der Waals surface area contributed by atoms with E-state index in [9.17, 15) is 4.79 Å². The Hall–Kier alpha value is -1.11. The predicted octanol–water partition coefficient (Wildman–Crippen LogP) is 1.64. The lowest BCUT2D eigenvalue weighted by atomic mass is 10.3. The van der Waals surface area contributed by atoms with E-state index in [1.54, 1.807) is 28.9 Å². The maximum absolute atomic E-state index is 10.8. The van der Waals surface area contributed by atoms with Crippen LogP contribution in [0.3, 0.4) is 0 Å². The Labute approximate surface area is 87.4 Å². The van der Waals surface area contributed by atoms with Crippen molar-refractivity contribution in [2.24, 2.45) is 0 Å². The van der Waals surface area contributed by atoms with Crippen LogP contribution in [0.4, 0.5) is 0 Å². The molecule has 4 nitrogen and oxygen atoms in total. The second-order valence-electron chi connectivity index (χ2n) is 2.50. The van der Waals surface area contributed by atoms with Crippen LogP contribution in [0.5, 0.6) is 0 Å². The summed E-state index contributed by atoms with van der Waals surface area (Å²) in [5, 5.41) is 8.84. The molecule has 0 bridgehead atoms. The van der Waals surface area contributed by atoms with Crippen molar-refractivity contribution in [1.29, 1.82) is 0 Å². The molecule has 0 amide bonds. The Kier molecular flexibility index (Phi) is 1.95. The molecular formula is C8H5IN2O2. The second-order valence-corrected chi connectivity index (χ2v) is 3.61. The fourth-order valence-corrected chi connectivity index (χ4v) is 1.68. The number of nitrogens with zero attached hydrogens (tertiary/aromatic N) is 2. The topological polar surface area (TPSA) is 54.6 Å². The summed E-state index contributed by atoms with van der Waals surface area (Å²) in [6.07, 6.45) is 3.43. The summed E-state index contributed by atoms with van der Waals surface area (Å²) < 4.78 is 2.64. The van der Waals surface area contributed by atoms with Crippen LogP contribution in [-0.4, -0.2) is 20.5 Å². The molecule has 0 aliphatic carbocycles. The first-order valence-corrected chi connectivity index (χ1v) is 4.63. The Balaban J connectivity index is 2.84. The summed E-state index contributed by atoms with van der Waals surface area (Å²) in [5.41, 5.74) is 0.713. The Bertz CT molecular complexity index is 478. The molecule has 0 atom stereocenters. The average molecular weight is 288 g/mol. The molecule has 0 unspecified atom stereocenters. The lowest BCUT2D eigenvalue weighted by Gasteiger charge is -1.97. The summed E-state index contributed by atoms with van der Waals surface area (Å²) in [7, 11) is 0. The van der Waals surface area contributed by atoms with Crippen molar-refractivity contribution >= 4 is 34.2 Å². The van der Waals surface area contributed by atoms with E-state index < -0.39 is 5.97 Å². The molecule has 0 spiro atoms. The Morgan fingerprint density at radius 1 is 1.62 bits per heavy atom. The van der Waals surface area contributed by atoms with Crippen LogP contribution in [0, 0.1) is 3.70 Å². The van der Waals surface area contributed by atoms with Gasteiger partial charge in [0.25, 0.3) is 0 Å². The van der Waals surface area contributed by atoms with Gasteiger partial charge < -0.3 is 5.11 Å². The number of carboxylic acids is 1. The van der Waals surface area contributed by atoms with Crippen molar-refractivity contribution in [3.63, 3.8) is 0 Å². The molecule has 66 valence electrons. The first-order valence-electron chi connectivity index (χ1n) is 3.55. The highest BCUT2D eigenvalue weighted by Gasteiger charge is 2.10. The van der Waals surface area contributed by atoms with Crippen LogP contribution in [0.15, 0.2) is 24.5 Å². The van der Waals surface area contributed by atoms with Crippen LogP contribution >= 0.6 is 22.6 Å². The van der Waals surface area contributed by atoms with E-state index >= 15 is 0 Å². The van der Waals surface area contributed by atoms with E-state index in [1.165, 1.54) is 0 Å². The molecule has 5 heteroatoms. The van der Waals surface area contributed by atoms with E-state index in [0.29, 0.717) is 5.65 Å². The molecule has 0 aliphatic rings. The minimum atomic E-state index is -0.951. The largest absolute Gasteiger partial charge is 0.478 e. The number of rotatable bonds is 1.